The fraction of sp³-hybridized carbons (Fsp3) is 0. The topological polar surface area (TPSA) is 70.9 Å². The van der Waals surface area contributed by atoms with Gasteiger partial charge in [-0.3, -0.25) is 4.79 Å². The van der Waals surface area contributed by atoms with Gasteiger partial charge in [-0.15, -0.1) is 11.3 Å². The van der Waals surface area contributed by atoms with Crippen molar-refractivity contribution in [3.05, 3.63) is 57.9 Å². The van der Waals surface area contributed by atoms with Crippen LogP contribution < -0.4 is 5.32 Å². The number of aromatic nitrogens is 2. The molecule has 0 saturated carbocycles. The number of fused-ring (bicyclic) bond motifs is 1. The number of carbonyl (C=O) groups excluding carboxylic acids is 1. The molecule has 0 atom stereocenters. The Morgan fingerprint density at radius 2 is 2.17 bits per heavy atom. The summed E-state index contributed by atoms with van der Waals surface area (Å²) in [5, 5.41) is 5.05. The molecular formula is C16H10ClN3O2S. The van der Waals surface area contributed by atoms with Crippen molar-refractivity contribution in [2.75, 3.05) is 5.32 Å². The lowest BCUT2D eigenvalue weighted by molar-refractivity contribution is 0.103. The van der Waals surface area contributed by atoms with Gasteiger partial charge in [0.05, 0.1) is 15.9 Å². The average Bonchev–Trinajstić information content (AvgIpc) is 3.26. The molecule has 0 saturated heterocycles. The molecule has 0 aliphatic carbocycles. The predicted octanol–water partition coefficient (Wildman–Crippen LogP) is 4.79. The molecule has 3 aromatic heterocycles. The normalized spacial score (nSPS) is 11.0. The number of hydrogen-bond acceptors (Lipinski definition) is 4. The number of anilines is 1. The lowest BCUT2D eigenvalue weighted by Crippen LogP contribution is -2.09. The molecule has 0 fully saturated rings. The summed E-state index contributed by atoms with van der Waals surface area (Å²) in [5.74, 6) is 1.03. The van der Waals surface area contributed by atoms with Gasteiger partial charge in [0, 0.05) is 5.69 Å². The van der Waals surface area contributed by atoms with Crippen molar-refractivity contribution in [1.29, 1.82) is 0 Å². The third kappa shape index (κ3) is 2.74. The number of H-pyrrole nitrogens is 1. The molecule has 23 heavy (non-hydrogen) atoms. The number of carbonyl (C=O) groups is 1. The smallest absolute Gasteiger partial charge is 0.265 e. The van der Waals surface area contributed by atoms with Gasteiger partial charge in [0.15, 0.2) is 16.8 Å². The first-order valence-electron chi connectivity index (χ1n) is 6.79. The zero-order valence-electron chi connectivity index (χ0n) is 11.7. The number of furan rings is 1. The fourth-order valence-electron chi connectivity index (χ4n) is 2.25. The summed E-state index contributed by atoms with van der Waals surface area (Å²) >= 11 is 7.19. The Hall–Kier alpha value is -2.57. The molecule has 5 nitrogen and oxygen atoms in total. The van der Waals surface area contributed by atoms with E-state index in [0.29, 0.717) is 27.4 Å². The summed E-state index contributed by atoms with van der Waals surface area (Å²) in [6, 6.07) is 12.5. The molecule has 0 radical (unpaired) electrons. The average molecular weight is 344 g/mol. The van der Waals surface area contributed by atoms with Crippen LogP contribution in [-0.4, -0.2) is 15.9 Å². The van der Waals surface area contributed by atoms with Gasteiger partial charge in [0.25, 0.3) is 5.91 Å². The Bertz CT molecular complexity index is 988. The van der Waals surface area contributed by atoms with Crippen molar-refractivity contribution in [1.82, 2.24) is 9.97 Å². The van der Waals surface area contributed by atoms with E-state index in [1.807, 2.05) is 29.6 Å². The lowest BCUT2D eigenvalue weighted by atomic mass is 10.2. The third-order valence-corrected chi connectivity index (χ3v) is 4.36. The standard InChI is InChI=1S/C16H10ClN3O2S/c17-14-6-5-12(22-14)15-19-10-4-3-9(8-11(10)20-15)18-16(21)13-2-1-7-23-13/h1-8H,(H,18,21)(H,19,20). The molecule has 0 bridgehead atoms. The van der Waals surface area contributed by atoms with Crippen LogP contribution in [0.15, 0.2) is 52.3 Å². The van der Waals surface area contributed by atoms with Gasteiger partial charge in [-0.1, -0.05) is 6.07 Å². The van der Waals surface area contributed by atoms with Crippen molar-refractivity contribution in [2.45, 2.75) is 0 Å². The van der Waals surface area contributed by atoms with E-state index in [9.17, 15) is 4.79 Å². The first-order chi connectivity index (χ1) is 11.2. The van der Waals surface area contributed by atoms with E-state index in [0.717, 1.165) is 11.0 Å². The molecule has 0 aliphatic heterocycles. The Labute approximate surface area is 139 Å². The monoisotopic (exact) mass is 343 g/mol. The Kier molecular flexibility index (Phi) is 3.40. The molecule has 1 aromatic carbocycles. The molecular weight excluding hydrogens is 334 g/mol. The number of rotatable bonds is 3. The minimum atomic E-state index is -0.128. The number of aromatic amines is 1. The van der Waals surface area contributed by atoms with E-state index in [-0.39, 0.29) is 5.91 Å². The lowest BCUT2D eigenvalue weighted by Gasteiger charge is -2.02. The van der Waals surface area contributed by atoms with Gasteiger partial charge in [0.1, 0.15) is 0 Å². The fourth-order valence-corrected chi connectivity index (χ4v) is 3.01. The van der Waals surface area contributed by atoms with Crippen molar-refractivity contribution in [3.8, 4) is 11.6 Å². The number of benzene rings is 1. The van der Waals surface area contributed by atoms with Crippen molar-refractivity contribution >= 4 is 45.6 Å². The van der Waals surface area contributed by atoms with Gasteiger partial charge in [0.2, 0.25) is 0 Å². The number of imidazole rings is 1. The van der Waals surface area contributed by atoms with Crippen LogP contribution >= 0.6 is 22.9 Å². The summed E-state index contributed by atoms with van der Waals surface area (Å²) in [6.07, 6.45) is 0. The highest BCUT2D eigenvalue weighted by Gasteiger charge is 2.11. The zero-order valence-corrected chi connectivity index (χ0v) is 13.2. The first-order valence-corrected chi connectivity index (χ1v) is 8.05. The third-order valence-electron chi connectivity index (χ3n) is 3.29. The Morgan fingerprint density at radius 1 is 1.26 bits per heavy atom. The summed E-state index contributed by atoms with van der Waals surface area (Å²) in [4.78, 5) is 20.4. The van der Waals surface area contributed by atoms with Gasteiger partial charge in [-0.05, 0) is 53.4 Å². The second kappa shape index (κ2) is 5.57. The van der Waals surface area contributed by atoms with Crippen LogP contribution in [0.25, 0.3) is 22.6 Å². The molecule has 3 heterocycles. The summed E-state index contributed by atoms with van der Waals surface area (Å²) in [6.45, 7) is 0. The summed E-state index contributed by atoms with van der Waals surface area (Å²) in [5.41, 5.74) is 2.28. The number of hydrogen-bond donors (Lipinski definition) is 2. The number of amides is 1. The van der Waals surface area contributed by atoms with Crippen LogP contribution in [0.2, 0.25) is 5.22 Å². The molecule has 1 amide bonds. The summed E-state index contributed by atoms with van der Waals surface area (Å²) in [7, 11) is 0. The van der Waals surface area contributed by atoms with Crippen LogP contribution in [0.3, 0.4) is 0 Å². The molecule has 7 heteroatoms. The quantitative estimate of drug-likeness (QED) is 0.561. The maximum Gasteiger partial charge on any atom is 0.265 e. The minimum Gasteiger partial charge on any atom is -0.441 e. The molecule has 2 N–H and O–H groups in total. The van der Waals surface area contributed by atoms with Crippen LogP contribution in [0.5, 0.6) is 0 Å². The zero-order chi connectivity index (χ0) is 15.8. The number of nitrogens with one attached hydrogen (secondary N) is 2. The second-order valence-corrected chi connectivity index (χ2v) is 6.17. The molecule has 4 aromatic rings. The number of thiophene rings is 1. The van der Waals surface area contributed by atoms with Crippen molar-refractivity contribution < 1.29 is 9.21 Å². The van der Waals surface area contributed by atoms with Crippen molar-refractivity contribution in [3.63, 3.8) is 0 Å². The Morgan fingerprint density at radius 3 is 2.91 bits per heavy atom. The number of halogens is 1. The molecule has 0 aliphatic rings. The first kappa shape index (κ1) is 14.0. The highest BCUT2D eigenvalue weighted by atomic mass is 35.5. The molecule has 4 rings (SSSR count). The van der Waals surface area contributed by atoms with E-state index in [1.165, 1.54) is 11.3 Å². The van der Waals surface area contributed by atoms with Crippen LogP contribution in [0, 0.1) is 0 Å². The maximum atomic E-state index is 12.1. The highest BCUT2D eigenvalue weighted by Crippen LogP contribution is 2.26. The van der Waals surface area contributed by atoms with Crippen LogP contribution in [0.4, 0.5) is 5.69 Å². The Balaban J connectivity index is 1.64. The van der Waals surface area contributed by atoms with Crippen molar-refractivity contribution in [2.24, 2.45) is 0 Å². The maximum absolute atomic E-state index is 12.1. The molecule has 0 spiro atoms. The van der Waals surface area contributed by atoms with Gasteiger partial charge >= 0.3 is 0 Å². The predicted molar refractivity (Wildman–Crippen MR) is 91.1 cm³/mol. The minimum absolute atomic E-state index is 0.128. The van der Waals surface area contributed by atoms with E-state index < -0.39 is 0 Å². The van der Waals surface area contributed by atoms with E-state index in [1.54, 1.807) is 18.2 Å². The van der Waals surface area contributed by atoms with Gasteiger partial charge < -0.3 is 14.7 Å². The van der Waals surface area contributed by atoms with E-state index in [2.05, 4.69) is 15.3 Å². The van der Waals surface area contributed by atoms with Crippen LogP contribution in [0.1, 0.15) is 9.67 Å². The van der Waals surface area contributed by atoms with E-state index >= 15 is 0 Å². The summed E-state index contributed by atoms with van der Waals surface area (Å²) < 4.78 is 5.35. The van der Waals surface area contributed by atoms with E-state index in [4.69, 9.17) is 16.0 Å². The largest absolute Gasteiger partial charge is 0.441 e. The SMILES string of the molecule is O=C(Nc1ccc2nc(-c3ccc(Cl)o3)[nH]c2c1)c1cccs1. The molecule has 0 unspecified atom stereocenters. The highest BCUT2D eigenvalue weighted by molar-refractivity contribution is 7.12. The number of nitrogens with zero attached hydrogens (tertiary/aromatic N) is 1. The van der Waals surface area contributed by atoms with Gasteiger partial charge in [-0.2, -0.15) is 0 Å². The molecule has 114 valence electrons. The second-order valence-electron chi connectivity index (χ2n) is 4.85. The van der Waals surface area contributed by atoms with Gasteiger partial charge in [-0.25, -0.2) is 4.98 Å². The van der Waals surface area contributed by atoms with Crippen LogP contribution in [-0.2, 0) is 0 Å².